The van der Waals surface area contributed by atoms with Crippen molar-refractivity contribution in [3.05, 3.63) is 51.8 Å². The van der Waals surface area contributed by atoms with E-state index in [4.69, 9.17) is 5.73 Å². The number of H-pyrrole nitrogens is 1. The van der Waals surface area contributed by atoms with Crippen LogP contribution in [0.2, 0.25) is 0 Å². The van der Waals surface area contributed by atoms with Crippen molar-refractivity contribution in [2.45, 2.75) is 27.7 Å². The first kappa shape index (κ1) is 12.4. The van der Waals surface area contributed by atoms with Gasteiger partial charge in [0, 0.05) is 16.9 Å². The van der Waals surface area contributed by atoms with Crippen LogP contribution in [0.1, 0.15) is 38.4 Å². The predicted molar refractivity (Wildman–Crippen MR) is 74.0 cm³/mol. The van der Waals surface area contributed by atoms with E-state index < -0.39 is 0 Å². The molecule has 0 aliphatic carbocycles. The summed E-state index contributed by atoms with van der Waals surface area (Å²) in [6, 6.07) is 5.52. The highest BCUT2D eigenvalue weighted by molar-refractivity contribution is 6.12. The van der Waals surface area contributed by atoms with Gasteiger partial charge in [-0.2, -0.15) is 0 Å². The summed E-state index contributed by atoms with van der Waals surface area (Å²) in [6.07, 6.45) is 0. The molecular weight excluding hydrogens is 224 g/mol. The number of nitrogens with two attached hydrogens (primary N) is 1. The third-order valence-electron chi connectivity index (χ3n) is 3.49. The molecule has 0 amide bonds. The molecule has 0 unspecified atom stereocenters. The number of aromatic nitrogens is 1. The molecule has 18 heavy (non-hydrogen) atoms. The molecule has 1 aromatic carbocycles. The molecular formula is C15H18N2O. The van der Waals surface area contributed by atoms with Gasteiger partial charge in [0.1, 0.15) is 0 Å². The van der Waals surface area contributed by atoms with Crippen LogP contribution in [0.5, 0.6) is 0 Å². The maximum atomic E-state index is 12.5. The second-order valence-corrected chi connectivity index (χ2v) is 4.79. The molecule has 0 spiro atoms. The van der Waals surface area contributed by atoms with Gasteiger partial charge < -0.3 is 10.7 Å². The minimum absolute atomic E-state index is 0.0371. The van der Waals surface area contributed by atoms with Crippen LogP contribution in [0.15, 0.2) is 18.2 Å². The fraction of sp³-hybridized carbons (Fsp3) is 0.267. The van der Waals surface area contributed by atoms with Crippen molar-refractivity contribution in [3.63, 3.8) is 0 Å². The molecule has 3 nitrogen and oxygen atoms in total. The van der Waals surface area contributed by atoms with E-state index in [1.165, 1.54) is 0 Å². The number of aromatic amines is 1. The molecule has 0 aliphatic rings. The normalized spacial score (nSPS) is 10.7. The first-order valence-corrected chi connectivity index (χ1v) is 5.98. The number of hydrogen-bond donors (Lipinski definition) is 2. The lowest BCUT2D eigenvalue weighted by atomic mass is 10.0. The number of benzene rings is 1. The zero-order valence-electron chi connectivity index (χ0n) is 11.2. The van der Waals surface area contributed by atoms with E-state index in [-0.39, 0.29) is 5.78 Å². The monoisotopic (exact) mass is 242 g/mol. The second-order valence-electron chi connectivity index (χ2n) is 4.79. The molecule has 0 atom stereocenters. The van der Waals surface area contributed by atoms with Crippen LogP contribution < -0.4 is 5.73 Å². The number of nitrogens with one attached hydrogen (secondary N) is 1. The third-order valence-corrected chi connectivity index (χ3v) is 3.49. The number of rotatable bonds is 2. The molecule has 3 N–H and O–H groups in total. The van der Waals surface area contributed by atoms with Crippen molar-refractivity contribution >= 4 is 11.5 Å². The number of hydrogen-bond acceptors (Lipinski definition) is 2. The molecule has 0 fully saturated rings. The number of ketones is 1. The number of anilines is 1. The summed E-state index contributed by atoms with van der Waals surface area (Å²) >= 11 is 0. The van der Waals surface area contributed by atoms with Gasteiger partial charge in [-0.05, 0) is 51.0 Å². The highest BCUT2D eigenvalue weighted by atomic mass is 16.1. The zero-order chi connectivity index (χ0) is 13.4. The molecule has 2 aromatic rings. The van der Waals surface area contributed by atoms with Gasteiger partial charge in [-0.3, -0.25) is 4.79 Å². The summed E-state index contributed by atoms with van der Waals surface area (Å²) in [7, 11) is 0. The molecule has 1 aromatic heterocycles. The Morgan fingerprint density at radius 3 is 2.33 bits per heavy atom. The van der Waals surface area contributed by atoms with Crippen molar-refractivity contribution in [2.75, 3.05) is 5.73 Å². The van der Waals surface area contributed by atoms with Crippen LogP contribution in [0.25, 0.3) is 0 Å². The molecule has 2 rings (SSSR count). The van der Waals surface area contributed by atoms with Gasteiger partial charge in [0.15, 0.2) is 0 Å². The lowest BCUT2D eigenvalue weighted by Crippen LogP contribution is -2.07. The van der Waals surface area contributed by atoms with Gasteiger partial charge in [0.2, 0.25) is 5.78 Å². The van der Waals surface area contributed by atoms with Crippen molar-refractivity contribution in [2.24, 2.45) is 0 Å². The van der Waals surface area contributed by atoms with Crippen LogP contribution in [-0.4, -0.2) is 10.8 Å². The number of carbonyl (C=O) groups is 1. The van der Waals surface area contributed by atoms with Crippen LogP contribution in [-0.2, 0) is 0 Å². The lowest BCUT2D eigenvalue weighted by Gasteiger charge is -2.06. The Bertz CT molecular complexity index is 624. The summed E-state index contributed by atoms with van der Waals surface area (Å²) in [5, 5.41) is 0. The quantitative estimate of drug-likeness (QED) is 0.628. The third kappa shape index (κ3) is 1.92. The first-order chi connectivity index (χ1) is 8.41. The fourth-order valence-corrected chi connectivity index (χ4v) is 2.07. The Morgan fingerprint density at radius 2 is 1.78 bits per heavy atom. The summed E-state index contributed by atoms with van der Waals surface area (Å²) in [5.74, 6) is -0.0371. The average molecular weight is 242 g/mol. The summed E-state index contributed by atoms with van der Waals surface area (Å²) in [6.45, 7) is 7.89. The van der Waals surface area contributed by atoms with E-state index >= 15 is 0 Å². The standard InChI is InChI=1S/C15H18N2O/c1-8-5-6-13(16)12(7-8)15(18)14-10(3)9(2)11(4)17-14/h5-7,17H,16H2,1-4H3. The second kappa shape index (κ2) is 4.33. The Balaban J connectivity index is 2.54. The number of aryl methyl sites for hydroxylation is 2. The van der Waals surface area contributed by atoms with Crippen LogP contribution in [0.3, 0.4) is 0 Å². The van der Waals surface area contributed by atoms with Crippen molar-refractivity contribution < 1.29 is 4.79 Å². The van der Waals surface area contributed by atoms with Crippen LogP contribution in [0.4, 0.5) is 5.69 Å². The number of carbonyl (C=O) groups excluding carboxylic acids is 1. The van der Waals surface area contributed by atoms with Gasteiger partial charge in [-0.15, -0.1) is 0 Å². The van der Waals surface area contributed by atoms with Crippen LogP contribution in [0, 0.1) is 27.7 Å². The fourth-order valence-electron chi connectivity index (χ4n) is 2.07. The maximum absolute atomic E-state index is 12.5. The minimum atomic E-state index is -0.0371. The average Bonchev–Trinajstić information content (AvgIpc) is 2.59. The van der Waals surface area contributed by atoms with E-state index in [2.05, 4.69) is 4.98 Å². The van der Waals surface area contributed by atoms with E-state index in [1.807, 2.05) is 39.8 Å². The van der Waals surface area contributed by atoms with E-state index in [0.717, 1.165) is 22.4 Å². The summed E-state index contributed by atoms with van der Waals surface area (Å²) in [5.41, 5.74) is 11.8. The predicted octanol–water partition coefficient (Wildman–Crippen LogP) is 3.06. The van der Waals surface area contributed by atoms with E-state index in [9.17, 15) is 4.79 Å². The zero-order valence-corrected chi connectivity index (χ0v) is 11.2. The van der Waals surface area contributed by atoms with Gasteiger partial charge >= 0.3 is 0 Å². The van der Waals surface area contributed by atoms with Gasteiger partial charge in [-0.1, -0.05) is 11.6 Å². The SMILES string of the molecule is Cc1ccc(N)c(C(=O)c2[nH]c(C)c(C)c2C)c1. The Morgan fingerprint density at radius 1 is 1.11 bits per heavy atom. The van der Waals surface area contributed by atoms with Gasteiger partial charge in [-0.25, -0.2) is 0 Å². The Labute approximate surface area is 107 Å². The molecule has 0 bridgehead atoms. The molecule has 0 radical (unpaired) electrons. The van der Waals surface area contributed by atoms with E-state index in [0.29, 0.717) is 16.9 Å². The first-order valence-electron chi connectivity index (χ1n) is 5.98. The van der Waals surface area contributed by atoms with Crippen molar-refractivity contribution in [3.8, 4) is 0 Å². The summed E-state index contributed by atoms with van der Waals surface area (Å²) in [4.78, 5) is 15.6. The van der Waals surface area contributed by atoms with Crippen molar-refractivity contribution in [1.29, 1.82) is 0 Å². The maximum Gasteiger partial charge on any atom is 0.211 e. The van der Waals surface area contributed by atoms with Gasteiger partial charge in [0.05, 0.1) is 5.69 Å². The molecule has 0 aliphatic heterocycles. The molecule has 3 heteroatoms. The number of nitrogen functional groups attached to an aromatic ring is 1. The summed E-state index contributed by atoms with van der Waals surface area (Å²) < 4.78 is 0. The Hall–Kier alpha value is -2.03. The highest BCUT2D eigenvalue weighted by Gasteiger charge is 2.18. The molecule has 0 saturated carbocycles. The van der Waals surface area contributed by atoms with E-state index in [1.54, 1.807) is 6.07 Å². The minimum Gasteiger partial charge on any atom is -0.398 e. The lowest BCUT2D eigenvalue weighted by molar-refractivity contribution is 0.103. The largest absolute Gasteiger partial charge is 0.398 e. The molecule has 1 heterocycles. The smallest absolute Gasteiger partial charge is 0.211 e. The molecule has 0 saturated heterocycles. The van der Waals surface area contributed by atoms with Gasteiger partial charge in [0.25, 0.3) is 0 Å². The highest BCUT2D eigenvalue weighted by Crippen LogP contribution is 2.23. The molecule has 94 valence electrons. The van der Waals surface area contributed by atoms with Crippen LogP contribution >= 0.6 is 0 Å². The topological polar surface area (TPSA) is 58.9 Å². The Kier molecular flexibility index (Phi) is 2.99. The van der Waals surface area contributed by atoms with Crippen molar-refractivity contribution in [1.82, 2.24) is 4.98 Å².